The molecule has 1 amide bonds. The molecule has 0 aliphatic rings. The van der Waals surface area contributed by atoms with Crippen molar-refractivity contribution in [3.05, 3.63) is 33.9 Å². The van der Waals surface area contributed by atoms with Gasteiger partial charge < -0.3 is 10.6 Å². The summed E-state index contributed by atoms with van der Waals surface area (Å²) >= 11 is 0. The lowest BCUT2D eigenvalue weighted by molar-refractivity contribution is -0.384. The molecule has 1 aromatic carbocycles. The van der Waals surface area contributed by atoms with Crippen molar-refractivity contribution < 1.29 is 9.72 Å². The summed E-state index contributed by atoms with van der Waals surface area (Å²) in [6, 6.07) is 4.33. The van der Waals surface area contributed by atoms with Crippen molar-refractivity contribution >= 4 is 17.3 Å². The summed E-state index contributed by atoms with van der Waals surface area (Å²) in [6.07, 6.45) is 1.83. The maximum absolute atomic E-state index is 11.6. The van der Waals surface area contributed by atoms with Gasteiger partial charge in [0.2, 0.25) is 0 Å². The zero-order valence-electron chi connectivity index (χ0n) is 12.3. The Hall–Kier alpha value is -2.11. The molecule has 0 fully saturated rings. The molecule has 0 spiro atoms. The molecule has 0 aliphatic heterocycles. The third-order valence-corrected chi connectivity index (χ3v) is 3.03. The molecule has 0 saturated heterocycles. The van der Waals surface area contributed by atoms with E-state index in [2.05, 4.69) is 17.6 Å². The van der Waals surface area contributed by atoms with Gasteiger partial charge in [-0.2, -0.15) is 0 Å². The highest BCUT2D eigenvalue weighted by Gasteiger charge is 2.23. The van der Waals surface area contributed by atoms with Crippen LogP contribution in [0.2, 0.25) is 0 Å². The first-order valence-corrected chi connectivity index (χ1v) is 6.59. The first-order valence-electron chi connectivity index (χ1n) is 6.59. The minimum atomic E-state index is -0.446. The van der Waals surface area contributed by atoms with Gasteiger partial charge in [-0.15, -0.1) is 0 Å². The van der Waals surface area contributed by atoms with E-state index in [9.17, 15) is 14.9 Å². The number of carbonyl (C=O) groups excluding carboxylic acids is 1. The Kier molecular flexibility index (Phi) is 5.07. The quantitative estimate of drug-likeness (QED) is 0.619. The average Bonchev–Trinajstić information content (AvgIpc) is 2.36. The van der Waals surface area contributed by atoms with E-state index in [0.29, 0.717) is 11.3 Å². The number of benzene rings is 1. The predicted molar refractivity (Wildman–Crippen MR) is 79.1 cm³/mol. The average molecular weight is 279 g/mol. The van der Waals surface area contributed by atoms with Crippen LogP contribution in [0.1, 0.15) is 44.0 Å². The van der Waals surface area contributed by atoms with Gasteiger partial charge in [0.1, 0.15) is 5.69 Å². The van der Waals surface area contributed by atoms with E-state index in [1.165, 1.54) is 25.2 Å². The zero-order valence-corrected chi connectivity index (χ0v) is 12.3. The number of nitrogens with zero attached hydrogens (tertiary/aromatic N) is 1. The second-order valence-corrected chi connectivity index (χ2v) is 5.33. The molecule has 2 N–H and O–H groups in total. The highest BCUT2D eigenvalue weighted by Crippen LogP contribution is 2.29. The molecule has 0 aromatic heterocycles. The van der Waals surface area contributed by atoms with Crippen LogP contribution in [0.25, 0.3) is 0 Å². The molecule has 0 saturated carbocycles. The van der Waals surface area contributed by atoms with E-state index in [1.54, 1.807) is 0 Å². The van der Waals surface area contributed by atoms with E-state index in [0.717, 1.165) is 12.8 Å². The maximum Gasteiger partial charge on any atom is 0.292 e. The van der Waals surface area contributed by atoms with Gasteiger partial charge >= 0.3 is 0 Å². The lowest BCUT2D eigenvalue weighted by Gasteiger charge is -2.27. The van der Waals surface area contributed by atoms with Crippen LogP contribution < -0.4 is 10.6 Å². The molecule has 0 heterocycles. The van der Waals surface area contributed by atoms with Crippen LogP contribution in [0.4, 0.5) is 11.4 Å². The van der Waals surface area contributed by atoms with Crippen LogP contribution in [0, 0.1) is 10.1 Å². The second kappa shape index (κ2) is 6.36. The Labute approximate surface area is 118 Å². The van der Waals surface area contributed by atoms with Crippen LogP contribution in [0.3, 0.4) is 0 Å². The number of hydrogen-bond acceptors (Lipinski definition) is 4. The highest BCUT2D eigenvalue weighted by molar-refractivity contribution is 5.95. The molecular weight excluding hydrogens is 258 g/mol. The highest BCUT2D eigenvalue weighted by atomic mass is 16.6. The fraction of sp³-hybridized carbons (Fsp3) is 0.500. The van der Waals surface area contributed by atoms with E-state index < -0.39 is 4.92 Å². The van der Waals surface area contributed by atoms with Gasteiger partial charge in [0, 0.05) is 24.2 Å². The van der Waals surface area contributed by atoms with Crippen LogP contribution in [-0.4, -0.2) is 23.4 Å². The summed E-state index contributed by atoms with van der Waals surface area (Å²) < 4.78 is 0. The SMILES string of the molecule is CCCC(C)(C)Nc1cc(C(=O)NC)ccc1[N+](=O)[O-]. The fourth-order valence-corrected chi connectivity index (χ4v) is 2.13. The number of nitro benzene ring substituents is 1. The predicted octanol–water partition coefficient (Wildman–Crippen LogP) is 2.95. The molecule has 20 heavy (non-hydrogen) atoms. The molecule has 110 valence electrons. The molecular formula is C14H21N3O3. The molecule has 1 rings (SSSR count). The third kappa shape index (κ3) is 3.94. The smallest absolute Gasteiger partial charge is 0.292 e. The Morgan fingerprint density at radius 1 is 1.40 bits per heavy atom. The zero-order chi connectivity index (χ0) is 15.3. The second-order valence-electron chi connectivity index (χ2n) is 5.33. The normalized spacial score (nSPS) is 11.0. The largest absolute Gasteiger partial charge is 0.375 e. The van der Waals surface area contributed by atoms with Crippen molar-refractivity contribution in [2.45, 2.75) is 39.2 Å². The summed E-state index contributed by atoms with van der Waals surface area (Å²) in [5, 5.41) is 16.8. The van der Waals surface area contributed by atoms with Crippen molar-refractivity contribution in [1.29, 1.82) is 0 Å². The van der Waals surface area contributed by atoms with E-state index >= 15 is 0 Å². The van der Waals surface area contributed by atoms with Crippen LogP contribution in [0.15, 0.2) is 18.2 Å². The number of carbonyl (C=O) groups is 1. The van der Waals surface area contributed by atoms with Gasteiger partial charge in [-0.05, 0) is 32.4 Å². The van der Waals surface area contributed by atoms with Gasteiger partial charge in [-0.25, -0.2) is 0 Å². The Balaban J connectivity index is 3.19. The summed E-state index contributed by atoms with van der Waals surface area (Å²) in [5.41, 5.74) is 0.463. The molecule has 6 nitrogen and oxygen atoms in total. The van der Waals surface area contributed by atoms with Gasteiger partial charge in [-0.1, -0.05) is 13.3 Å². The van der Waals surface area contributed by atoms with Crippen LogP contribution in [0.5, 0.6) is 0 Å². The molecule has 6 heteroatoms. The van der Waals surface area contributed by atoms with Crippen LogP contribution in [-0.2, 0) is 0 Å². The van der Waals surface area contributed by atoms with E-state index in [4.69, 9.17) is 0 Å². The van der Waals surface area contributed by atoms with E-state index in [-0.39, 0.29) is 17.1 Å². The number of anilines is 1. The number of nitrogens with one attached hydrogen (secondary N) is 2. The van der Waals surface area contributed by atoms with Crippen LogP contribution >= 0.6 is 0 Å². The third-order valence-electron chi connectivity index (χ3n) is 3.03. The standard InChI is InChI=1S/C14H21N3O3/c1-5-8-14(2,3)16-11-9-10(13(18)15-4)6-7-12(11)17(19)20/h6-7,9,16H,5,8H2,1-4H3,(H,15,18). The molecule has 0 atom stereocenters. The lowest BCUT2D eigenvalue weighted by Crippen LogP contribution is -2.31. The lowest BCUT2D eigenvalue weighted by atomic mass is 9.98. The molecule has 0 aliphatic carbocycles. The number of rotatable bonds is 6. The van der Waals surface area contributed by atoms with Gasteiger partial charge in [0.05, 0.1) is 4.92 Å². The van der Waals surface area contributed by atoms with Crippen molar-refractivity contribution in [2.24, 2.45) is 0 Å². The molecule has 0 bridgehead atoms. The Morgan fingerprint density at radius 2 is 2.05 bits per heavy atom. The fourth-order valence-electron chi connectivity index (χ4n) is 2.13. The minimum absolute atomic E-state index is 0.0261. The minimum Gasteiger partial charge on any atom is -0.375 e. The first kappa shape index (κ1) is 15.9. The van der Waals surface area contributed by atoms with E-state index in [1.807, 2.05) is 13.8 Å². The summed E-state index contributed by atoms with van der Waals surface area (Å²) in [4.78, 5) is 22.3. The number of hydrogen-bond donors (Lipinski definition) is 2. The number of amides is 1. The van der Waals surface area contributed by atoms with Gasteiger partial charge in [0.15, 0.2) is 0 Å². The molecule has 0 unspecified atom stereocenters. The van der Waals surface area contributed by atoms with Gasteiger partial charge in [0.25, 0.3) is 11.6 Å². The first-order chi connectivity index (χ1) is 9.30. The van der Waals surface area contributed by atoms with Gasteiger partial charge in [-0.3, -0.25) is 14.9 Å². The molecule has 0 radical (unpaired) electrons. The maximum atomic E-state index is 11.6. The van der Waals surface area contributed by atoms with Crippen molar-refractivity contribution in [3.8, 4) is 0 Å². The van der Waals surface area contributed by atoms with Crippen molar-refractivity contribution in [1.82, 2.24) is 5.32 Å². The Bertz CT molecular complexity index is 512. The summed E-state index contributed by atoms with van der Waals surface area (Å²) in [5.74, 6) is -0.267. The van der Waals surface area contributed by atoms with Crippen molar-refractivity contribution in [2.75, 3.05) is 12.4 Å². The Morgan fingerprint density at radius 3 is 2.55 bits per heavy atom. The molecule has 1 aromatic rings. The topological polar surface area (TPSA) is 84.3 Å². The monoisotopic (exact) mass is 279 g/mol. The van der Waals surface area contributed by atoms with Crippen molar-refractivity contribution in [3.63, 3.8) is 0 Å². The summed E-state index contributed by atoms with van der Waals surface area (Å²) in [7, 11) is 1.53. The summed E-state index contributed by atoms with van der Waals surface area (Å²) in [6.45, 7) is 6.01. The number of nitro groups is 1.